The Labute approximate surface area is 170 Å². The fraction of sp³-hybridized carbons (Fsp3) is 0.158. The molecule has 1 N–H and O–H groups in total. The van der Waals surface area contributed by atoms with Gasteiger partial charge >= 0.3 is 0 Å². The molecule has 0 saturated heterocycles. The van der Waals surface area contributed by atoms with Gasteiger partial charge in [-0.3, -0.25) is 4.79 Å². The van der Waals surface area contributed by atoms with Crippen LogP contribution in [0.2, 0.25) is 0 Å². The molecule has 0 aliphatic heterocycles. The van der Waals surface area contributed by atoms with Crippen molar-refractivity contribution in [1.29, 1.82) is 0 Å². The summed E-state index contributed by atoms with van der Waals surface area (Å²) in [5, 5.41) is 12.0. The third-order valence-corrected chi connectivity index (χ3v) is 5.07. The number of carbonyl (C=O) groups is 1. The molecular weight excluding hydrogens is 426 g/mol. The first-order valence-corrected chi connectivity index (χ1v) is 10.0. The summed E-state index contributed by atoms with van der Waals surface area (Å²) in [6.07, 6.45) is 4.12. The molecule has 1 aromatic carbocycles. The Morgan fingerprint density at radius 3 is 2.74 bits per heavy atom. The molecule has 0 bridgehead atoms. The number of halogens is 1. The number of thioether (sulfide) groups is 1. The molecule has 1 amide bonds. The van der Waals surface area contributed by atoms with E-state index >= 15 is 0 Å². The molecule has 0 radical (unpaired) electrons. The number of nitrogens with one attached hydrogen (secondary N) is 1. The summed E-state index contributed by atoms with van der Waals surface area (Å²) in [5.74, 6) is 1.44. The van der Waals surface area contributed by atoms with Crippen LogP contribution >= 0.6 is 27.7 Å². The second-order valence-corrected chi connectivity index (χ2v) is 7.52. The quantitative estimate of drug-likeness (QED) is 0.421. The van der Waals surface area contributed by atoms with Gasteiger partial charge in [0.15, 0.2) is 5.16 Å². The lowest BCUT2D eigenvalue weighted by Gasteiger charge is -2.08. The monoisotopic (exact) mass is 443 g/mol. The van der Waals surface area contributed by atoms with Crippen LogP contribution in [0.4, 0.5) is 5.82 Å². The van der Waals surface area contributed by atoms with E-state index in [1.54, 1.807) is 18.3 Å². The first kappa shape index (κ1) is 19.3. The number of carbonyl (C=O) groups excluding carboxylic acids is 1. The summed E-state index contributed by atoms with van der Waals surface area (Å²) in [6, 6.07) is 13.7. The predicted molar refractivity (Wildman–Crippen MR) is 111 cm³/mol. The molecule has 3 aromatic rings. The molecule has 0 spiro atoms. The molecule has 0 aliphatic rings. The standard InChI is InChI=1S/C19H18BrN5OS/c1-2-10-25-17(11-14-6-4-3-5-7-14)23-24-19(25)27-13-18(26)22-16-9-8-15(20)12-21-16/h2-9,12H,1,10-11,13H2,(H,21,22,26). The zero-order valence-corrected chi connectivity index (χ0v) is 16.9. The first-order chi connectivity index (χ1) is 13.2. The number of hydrogen-bond acceptors (Lipinski definition) is 5. The van der Waals surface area contributed by atoms with Crippen molar-refractivity contribution in [3.63, 3.8) is 0 Å². The summed E-state index contributed by atoms with van der Waals surface area (Å²) < 4.78 is 2.84. The van der Waals surface area contributed by atoms with E-state index in [9.17, 15) is 4.79 Å². The van der Waals surface area contributed by atoms with Gasteiger partial charge in [-0.2, -0.15) is 0 Å². The molecule has 3 rings (SSSR count). The number of rotatable bonds is 8. The number of amides is 1. The molecule has 0 aliphatic carbocycles. The summed E-state index contributed by atoms with van der Waals surface area (Å²) in [4.78, 5) is 16.3. The van der Waals surface area contributed by atoms with E-state index in [1.165, 1.54) is 11.8 Å². The van der Waals surface area contributed by atoms with E-state index in [4.69, 9.17) is 0 Å². The summed E-state index contributed by atoms with van der Waals surface area (Å²) >= 11 is 4.66. The van der Waals surface area contributed by atoms with Gasteiger partial charge in [-0.15, -0.1) is 16.8 Å². The van der Waals surface area contributed by atoms with Crippen molar-refractivity contribution in [2.24, 2.45) is 0 Å². The van der Waals surface area contributed by atoms with Crippen molar-refractivity contribution in [3.05, 3.63) is 77.2 Å². The van der Waals surface area contributed by atoms with E-state index in [-0.39, 0.29) is 11.7 Å². The Kier molecular flexibility index (Phi) is 6.78. The van der Waals surface area contributed by atoms with Gasteiger partial charge in [0.05, 0.1) is 5.75 Å². The zero-order valence-electron chi connectivity index (χ0n) is 14.5. The van der Waals surface area contributed by atoms with E-state index in [0.29, 0.717) is 23.9 Å². The largest absolute Gasteiger partial charge is 0.310 e. The average Bonchev–Trinajstić information content (AvgIpc) is 3.05. The summed E-state index contributed by atoms with van der Waals surface area (Å²) in [5.41, 5.74) is 1.16. The third kappa shape index (κ3) is 5.51. The van der Waals surface area contributed by atoms with E-state index in [1.807, 2.05) is 28.8 Å². The number of benzene rings is 1. The van der Waals surface area contributed by atoms with Gasteiger partial charge in [-0.1, -0.05) is 48.2 Å². The maximum Gasteiger partial charge on any atom is 0.236 e. The molecule has 2 aromatic heterocycles. The number of hydrogen-bond donors (Lipinski definition) is 1. The highest BCUT2D eigenvalue weighted by atomic mass is 79.9. The first-order valence-electron chi connectivity index (χ1n) is 8.27. The highest BCUT2D eigenvalue weighted by Gasteiger charge is 2.14. The smallest absolute Gasteiger partial charge is 0.236 e. The van der Waals surface area contributed by atoms with Crippen molar-refractivity contribution in [2.75, 3.05) is 11.1 Å². The van der Waals surface area contributed by atoms with E-state index in [2.05, 4.69) is 55.1 Å². The molecular formula is C19H18BrN5OS. The van der Waals surface area contributed by atoms with Gasteiger partial charge < -0.3 is 9.88 Å². The van der Waals surface area contributed by atoms with Crippen LogP contribution in [0, 0.1) is 0 Å². The van der Waals surface area contributed by atoms with Gasteiger partial charge in [0.25, 0.3) is 0 Å². The molecule has 8 heteroatoms. The zero-order chi connectivity index (χ0) is 19.1. The number of allylic oxidation sites excluding steroid dienone is 1. The van der Waals surface area contributed by atoms with Crippen LogP contribution in [0.1, 0.15) is 11.4 Å². The Morgan fingerprint density at radius 2 is 2.04 bits per heavy atom. The average molecular weight is 444 g/mol. The van der Waals surface area contributed by atoms with Crippen LogP contribution in [0.25, 0.3) is 0 Å². The molecule has 27 heavy (non-hydrogen) atoms. The molecule has 2 heterocycles. The number of anilines is 1. The van der Waals surface area contributed by atoms with Gasteiger partial charge in [0, 0.05) is 23.6 Å². The van der Waals surface area contributed by atoms with Crippen LogP contribution in [-0.4, -0.2) is 31.4 Å². The molecule has 138 valence electrons. The van der Waals surface area contributed by atoms with Crippen LogP contribution in [0.5, 0.6) is 0 Å². The number of aromatic nitrogens is 4. The van der Waals surface area contributed by atoms with Crippen molar-refractivity contribution < 1.29 is 4.79 Å². The van der Waals surface area contributed by atoms with Crippen molar-refractivity contribution >= 4 is 39.4 Å². The van der Waals surface area contributed by atoms with Crippen LogP contribution in [-0.2, 0) is 17.8 Å². The lowest BCUT2D eigenvalue weighted by molar-refractivity contribution is -0.113. The van der Waals surface area contributed by atoms with Crippen LogP contribution < -0.4 is 5.32 Å². The highest BCUT2D eigenvalue weighted by Crippen LogP contribution is 2.19. The van der Waals surface area contributed by atoms with Crippen molar-refractivity contribution in [2.45, 2.75) is 18.1 Å². The molecule has 0 atom stereocenters. The lowest BCUT2D eigenvalue weighted by atomic mass is 10.1. The predicted octanol–water partition coefficient (Wildman–Crippen LogP) is 3.94. The Balaban J connectivity index is 1.64. The highest BCUT2D eigenvalue weighted by molar-refractivity contribution is 9.10. The van der Waals surface area contributed by atoms with Crippen LogP contribution in [0.3, 0.4) is 0 Å². The normalized spacial score (nSPS) is 10.6. The fourth-order valence-electron chi connectivity index (χ4n) is 2.41. The van der Waals surface area contributed by atoms with Gasteiger partial charge in [-0.25, -0.2) is 4.98 Å². The maximum atomic E-state index is 12.2. The Bertz CT molecular complexity index is 912. The Hall–Kier alpha value is -2.45. The molecule has 0 saturated carbocycles. The van der Waals surface area contributed by atoms with Crippen molar-refractivity contribution in [1.82, 2.24) is 19.7 Å². The van der Waals surface area contributed by atoms with E-state index < -0.39 is 0 Å². The minimum absolute atomic E-state index is 0.146. The summed E-state index contributed by atoms with van der Waals surface area (Å²) in [6.45, 7) is 4.40. The van der Waals surface area contributed by atoms with Gasteiger partial charge in [0.1, 0.15) is 11.6 Å². The second kappa shape index (κ2) is 9.48. The van der Waals surface area contributed by atoms with Gasteiger partial charge in [0.2, 0.25) is 5.91 Å². The minimum atomic E-state index is -0.146. The van der Waals surface area contributed by atoms with E-state index in [0.717, 1.165) is 15.9 Å². The SMILES string of the molecule is C=CCn1c(Cc2ccccc2)nnc1SCC(=O)Nc1ccc(Br)cn1. The Morgan fingerprint density at radius 1 is 1.22 bits per heavy atom. The third-order valence-electron chi connectivity index (χ3n) is 3.64. The maximum absolute atomic E-state index is 12.2. The number of pyridine rings is 1. The number of nitrogens with zero attached hydrogens (tertiary/aromatic N) is 4. The van der Waals surface area contributed by atoms with Crippen LogP contribution in [0.15, 0.2) is 70.9 Å². The van der Waals surface area contributed by atoms with Gasteiger partial charge in [-0.05, 0) is 33.6 Å². The lowest BCUT2D eigenvalue weighted by Crippen LogP contribution is -2.15. The second-order valence-electron chi connectivity index (χ2n) is 5.66. The van der Waals surface area contributed by atoms with Crippen molar-refractivity contribution in [3.8, 4) is 0 Å². The molecule has 0 unspecified atom stereocenters. The topological polar surface area (TPSA) is 72.7 Å². The minimum Gasteiger partial charge on any atom is -0.310 e. The molecule has 6 nitrogen and oxygen atoms in total. The fourth-order valence-corrected chi connectivity index (χ4v) is 3.41. The molecule has 0 fully saturated rings. The summed E-state index contributed by atoms with van der Waals surface area (Å²) in [7, 11) is 0.